The zero-order chi connectivity index (χ0) is 22.6. The van der Waals surface area contributed by atoms with E-state index in [0.717, 1.165) is 23.0 Å². The van der Waals surface area contributed by atoms with Crippen LogP contribution in [0, 0.1) is 5.82 Å². The molecule has 32 heavy (non-hydrogen) atoms. The lowest BCUT2D eigenvalue weighted by atomic mass is 10.1. The number of pyridine rings is 2. The molecule has 1 aliphatic heterocycles. The second kappa shape index (κ2) is 7.30. The third-order valence-corrected chi connectivity index (χ3v) is 6.13. The van der Waals surface area contributed by atoms with E-state index in [9.17, 15) is 22.4 Å². The van der Waals surface area contributed by atoms with Crippen molar-refractivity contribution in [2.75, 3.05) is 23.8 Å². The number of rotatable bonds is 2. The molecule has 4 heterocycles. The SMILES string of the molecule is Nc1nc2cc(F)c(C(=O)N3CCCN3c3ccc(C(F)(F)F)cn3)cc2c2cscc12. The number of hydrogen-bond acceptors (Lipinski definition) is 6. The summed E-state index contributed by atoms with van der Waals surface area (Å²) in [6.45, 7) is 0.652. The van der Waals surface area contributed by atoms with Gasteiger partial charge in [0.1, 0.15) is 17.5 Å². The number of nitrogens with zero attached hydrogens (tertiary/aromatic N) is 4. The van der Waals surface area contributed by atoms with Gasteiger partial charge in [0.2, 0.25) is 0 Å². The van der Waals surface area contributed by atoms with Gasteiger partial charge in [0.05, 0.1) is 16.6 Å². The van der Waals surface area contributed by atoms with Gasteiger partial charge in [-0.05, 0) is 30.0 Å². The van der Waals surface area contributed by atoms with E-state index in [-0.39, 0.29) is 23.7 Å². The van der Waals surface area contributed by atoms with Crippen LogP contribution in [0.4, 0.5) is 29.2 Å². The van der Waals surface area contributed by atoms with Crippen molar-refractivity contribution in [3.05, 3.63) is 58.2 Å². The van der Waals surface area contributed by atoms with Crippen LogP contribution in [0.2, 0.25) is 0 Å². The Bertz CT molecular complexity index is 1350. The zero-order valence-electron chi connectivity index (χ0n) is 16.4. The highest BCUT2D eigenvalue weighted by atomic mass is 32.1. The normalized spacial score (nSPS) is 14.6. The van der Waals surface area contributed by atoms with Crippen LogP contribution in [0.5, 0.6) is 0 Å². The van der Waals surface area contributed by atoms with E-state index in [4.69, 9.17) is 5.73 Å². The van der Waals surface area contributed by atoms with Gasteiger partial charge in [-0.25, -0.2) is 19.4 Å². The summed E-state index contributed by atoms with van der Waals surface area (Å²) in [6, 6.07) is 4.73. The van der Waals surface area contributed by atoms with Crippen LogP contribution >= 0.6 is 11.3 Å². The minimum Gasteiger partial charge on any atom is -0.383 e. The van der Waals surface area contributed by atoms with Crippen LogP contribution in [0.25, 0.3) is 21.7 Å². The van der Waals surface area contributed by atoms with E-state index in [2.05, 4.69) is 9.97 Å². The van der Waals surface area contributed by atoms with Crippen molar-refractivity contribution in [3.8, 4) is 0 Å². The van der Waals surface area contributed by atoms with Crippen LogP contribution in [0.3, 0.4) is 0 Å². The molecule has 0 spiro atoms. The molecule has 2 N–H and O–H groups in total. The maximum Gasteiger partial charge on any atom is 0.417 e. The quantitative estimate of drug-likeness (QED) is 0.432. The second-order valence-electron chi connectivity index (χ2n) is 7.35. The van der Waals surface area contributed by atoms with Crippen LogP contribution < -0.4 is 10.7 Å². The predicted molar refractivity (Wildman–Crippen MR) is 114 cm³/mol. The number of hydrazine groups is 1. The van der Waals surface area contributed by atoms with Crippen molar-refractivity contribution >= 4 is 50.6 Å². The lowest BCUT2D eigenvalue weighted by Crippen LogP contribution is -2.42. The van der Waals surface area contributed by atoms with Gasteiger partial charge in [-0.1, -0.05) is 0 Å². The van der Waals surface area contributed by atoms with Crippen LogP contribution in [-0.4, -0.2) is 34.0 Å². The number of thiophene rings is 1. The lowest BCUT2D eigenvalue weighted by molar-refractivity contribution is -0.137. The summed E-state index contributed by atoms with van der Waals surface area (Å²) in [6.07, 6.45) is -3.22. The summed E-state index contributed by atoms with van der Waals surface area (Å²) in [7, 11) is 0. The molecule has 5 rings (SSSR count). The molecule has 1 amide bonds. The van der Waals surface area contributed by atoms with E-state index in [1.165, 1.54) is 39.6 Å². The van der Waals surface area contributed by atoms with Crippen molar-refractivity contribution in [1.29, 1.82) is 0 Å². The maximum atomic E-state index is 14.9. The number of fused-ring (bicyclic) bond motifs is 3. The van der Waals surface area contributed by atoms with E-state index in [0.29, 0.717) is 23.9 Å². The lowest BCUT2D eigenvalue weighted by Gasteiger charge is -2.29. The molecule has 0 unspecified atom stereocenters. The summed E-state index contributed by atoms with van der Waals surface area (Å²) in [5, 5.41) is 8.55. The number of carbonyl (C=O) groups is 1. The van der Waals surface area contributed by atoms with Crippen molar-refractivity contribution in [1.82, 2.24) is 15.0 Å². The van der Waals surface area contributed by atoms with E-state index < -0.39 is 23.5 Å². The molecule has 1 aromatic carbocycles. The Morgan fingerprint density at radius 3 is 2.59 bits per heavy atom. The van der Waals surface area contributed by atoms with E-state index in [1.54, 1.807) is 0 Å². The Labute approximate surface area is 182 Å². The first-order chi connectivity index (χ1) is 15.2. The van der Waals surface area contributed by atoms with Crippen molar-refractivity contribution in [2.45, 2.75) is 12.6 Å². The van der Waals surface area contributed by atoms with E-state index >= 15 is 0 Å². The van der Waals surface area contributed by atoms with Gasteiger partial charge in [0, 0.05) is 46.9 Å². The molecule has 164 valence electrons. The summed E-state index contributed by atoms with van der Waals surface area (Å²) >= 11 is 1.42. The van der Waals surface area contributed by atoms with Crippen LogP contribution in [0.1, 0.15) is 22.3 Å². The van der Waals surface area contributed by atoms with Gasteiger partial charge in [-0.2, -0.15) is 24.5 Å². The number of carbonyl (C=O) groups excluding carboxylic acids is 1. The molecular formula is C21H15F4N5OS. The Hall–Kier alpha value is -3.47. The molecule has 1 fully saturated rings. The Balaban J connectivity index is 1.53. The first-order valence-electron chi connectivity index (χ1n) is 9.61. The predicted octanol–water partition coefficient (Wildman–Crippen LogP) is 4.85. The number of amides is 1. The highest BCUT2D eigenvalue weighted by Gasteiger charge is 2.33. The fraction of sp³-hybridized carbons (Fsp3) is 0.190. The molecule has 0 bridgehead atoms. The third kappa shape index (κ3) is 3.29. The minimum atomic E-state index is -4.51. The molecule has 1 aliphatic rings. The molecule has 0 saturated carbocycles. The molecule has 1 saturated heterocycles. The molecule has 0 atom stereocenters. The zero-order valence-corrected chi connectivity index (χ0v) is 17.2. The molecule has 3 aromatic heterocycles. The topological polar surface area (TPSA) is 75.3 Å². The van der Waals surface area contributed by atoms with Gasteiger partial charge in [0.15, 0.2) is 0 Å². The highest BCUT2D eigenvalue weighted by molar-refractivity contribution is 7.09. The molecular weight excluding hydrogens is 446 g/mol. The fourth-order valence-electron chi connectivity index (χ4n) is 3.84. The minimum absolute atomic E-state index is 0.157. The average Bonchev–Trinajstić information content (AvgIpc) is 3.43. The molecule has 11 heteroatoms. The molecule has 0 radical (unpaired) electrons. The molecule has 6 nitrogen and oxygen atoms in total. The van der Waals surface area contributed by atoms with Gasteiger partial charge in [-0.15, -0.1) is 0 Å². The number of benzene rings is 1. The smallest absolute Gasteiger partial charge is 0.383 e. The van der Waals surface area contributed by atoms with Gasteiger partial charge in [-0.3, -0.25) is 9.80 Å². The number of anilines is 2. The second-order valence-corrected chi connectivity index (χ2v) is 8.10. The van der Waals surface area contributed by atoms with Crippen molar-refractivity contribution in [2.24, 2.45) is 0 Å². The van der Waals surface area contributed by atoms with Crippen molar-refractivity contribution < 1.29 is 22.4 Å². The Morgan fingerprint density at radius 2 is 1.88 bits per heavy atom. The summed E-state index contributed by atoms with van der Waals surface area (Å²) in [5.41, 5.74) is 5.25. The van der Waals surface area contributed by atoms with Crippen molar-refractivity contribution in [3.63, 3.8) is 0 Å². The van der Waals surface area contributed by atoms with Gasteiger partial charge >= 0.3 is 6.18 Å². The van der Waals surface area contributed by atoms with E-state index in [1.807, 2.05) is 10.8 Å². The standard InChI is InChI=1S/C21H15F4N5OS/c22-16-7-17-12(14-9-32-10-15(14)19(26)28-17)6-13(16)20(31)30-5-1-4-29(30)18-3-2-11(8-27-18)21(23,24)25/h2-3,6-10H,1,4-5H2,(H2,26,28). The average molecular weight is 461 g/mol. The number of nitrogens with two attached hydrogens (primary N) is 1. The summed E-state index contributed by atoms with van der Waals surface area (Å²) in [5.74, 6) is -0.897. The van der Waals surface area contributed by atoms with Gasteiger partial charge in [0.25, 0.3) is 5.91 Å². The third-order valence-electron chi connectivity index (χ3n) is 5.39. The first kappa shape index (κ1) is 20.4. The molecule has 0 aliphatic carbocycles. The van der Waals surface area contributed by atoms with Crippen LogP contribution in [0.15, 0.2) is 41.2 Å². The Morgan fingerprint density at radius 1 is 1.09 bits per heavy atom. The Kier molecular flexibility index (Phi) is 4.66. The number of aromatic nitrogens is 2. The number of alkyl halides is 3. The number of halogens is 4. The molecule has 4 aromatic rings. The first-order valence-corrected chi connectivity index (χ1v) is 10.6. The highest BCUT2D eigenvalue weighted by Crippen LogP contribution is 2.34. The van der Waals surface area contributed by atoms with Crippen LogP contribution in [-0.2, 0) is 6.18 Å². The van der Waals surface area contributed by atoms with Gasteiger partial charge < -0.3 is 5.73 Å². The summed E-state index contributed by atoms with van der Waals surface area (Å²) < 4.78 is 53.4. The number of nitrogen functional groups attached to an aromatic ring is 1. The largest absolute Gasteiger partial charge is 0.417 e. The summed E-state index contributed by atoms with van der Waals surface area (Å²) in [4.78, 5) is 21.4. The fourth-order valence-corrected chi connectivity index (χ4v) is 4.68. The number of hydrogen-bond donors (Lipinski definition) is 1. The maximum absolute atomic E-state index is 14.9. The monoisotopic (exact) mass is 461 g/mol.